The van der Waals surface area contributed by atoms with E-state index in [2.05, 4.69) is 31.4 Å². The van der Waals surface area contributed by atoms with E-state index >= 15 is 0 Å². The normalized spacial score (nSPS) is 33.7. The van der Waals surface area contributed by atoms with Crippen LogP contribution in [0.15, 0.2) is 0 Å². The lowest BCUT2D eigenvalue weighted by Crippen LogP contribution is -2.66. The SMILES string of the molecule is CCC(C)NC1(C(N)=O)CCNCC1C. The van der Waals surface area contributed by atoms with E-state index in [1.165, 1.54) is 0 Å². The Balaban J connectivity index is 2.81. The molecule has 1 aliphatic rings. The smallest absolute Gasteiger partial charge is 0.238 e. The van der Waals surface area contributed by atoms with Crippen LogP contribution in [0.1, 0.15) is 33.6 Å². The van der Waals surface area contributed by atoms with Gasteiger partial charge >= 0.3 is 0 Å². The number of hydrogen-bond acceptors (Lipinski definition) is 3. The Morgan fingerprint density at radius 3 is 2.87 bits per heavy atom. The lowest BCUT2D eigenvalue weighted by atomic mass is 9.78. The largest absolute Gasteiger partial charge is 0.368 e. The van der Waals surface area contributed by atoms with E-state index in [9.17, 15) is 4.79 Å². The lowest BCUT2D eigenvalue weighted by molar-refractivity contribution is -0.128. The van der Waals surface area contributed by atoms with Crippen molar-refractivity contribution < 1.29 is 4.79 Å². The summed E-state index contributed by atoms with van der Waals surface area (Å²) in [6, 6.07) is 0.332. The summed E-state index contributed by atoms with van der Waals surface area (Å²) in [7, 11) is 0. The summed E-state index contributed by atoms with van der Waals surface area (Å²) in [5.41, 5.74) is 5.05. The third-order valence-electron chi connectivity index (χ3n) is 3.54. The zero-order valence-electron chi connectivity index (χ0n) is 9.97. The molecule has 0 bridgehead atoms. The van der Waals surface area contributed by atoms with Crippen molar-refractivity contribution in [2.45, 2.75) is 45.2 Å². The number of piperidine rings is 1. The second kappa shape index (κ2) is 4.94. The maximum absolute atomic E-state index is 11.7. The molecule has 1 amide bonds. The molecule has 88 valence electrons. The Morgan fingerprint density at radius 1 is 1.73 bits per heavy atom. The Labute approximate surface area is 92.0 Å². The highest BCUT2D eigenvalue weighted by Gasteiger charge is 2.43. The van der Waals surface area contributed by atoms with Gasteiger partial charge in [0.1, 0.15) is 5.54 Å². The van der Waals surface area contributed by atoms with Crippen molar-refractivity contribution in [1.29, 1.82) is 0 Å². The number of nitrogens with one attached hydrogen (secondary N) is 2. The molecule has 0 aliphatic carbocycles. The molecule has 0 aromatic rings. The Morgan fingerprint density at radius 2 is 2.40 bits per heavy atom. The molecule has 1 heterocycles. The minimum atomic E-state index is -0.513. The number of hydrogen-bond donors (Lipinski definition) is 3. The molecule has 4 nitrogen and oxygen atoms in total. The molecule has 1 rings (SSSR count). The van der Waals surface area contributed by atoms with E-state index in [0.29, 0.717) is 6.04 Å². The third-order valence-corrected chi connectivity index (χ3v) is 3.54. The van der Waals surface area contributed by atoms with Crippen molar-refractivity contribution >= 4 is 5.91 Å². The lowest BCUT2D eigenvalue weighted by Gasteiger charge is -2.42. The summed E-state index contributed by atoms with van der Waals surface area (Å²) < 4.78 is 0. The van der Waals surface area contributed by atoms with E-state index in [1.54, 1.807) is 0 Å². The Hall–Kier alpha value is -0.610. The van der Waals surface area contributed by atoms with Crippen LogP contribution in [0.25, 0.3) is 0 Å². The van der Waals surface area contributed by atoms with Gasteiger partial charge in [-0.25, -0.2) is 0 Å². The van der Waals surface area contributed by atoms with Crippen molar-refractivity contribution in [3.05, 3.63) is 0 Å². The minimum Gasteiger partial charge on any atom is -0.368 e. The second-order valence-corrected chi connectivity index (χ2v) is 4.64. The minimum absolute atomic E-state index is 0.211. The molecule has 3 atom stereocenters. The van der Waals surface area contributed by atoms with E-state index in [4.69, 9.17) is 5.73 Å². The van der Waals surface area contributed by atoms with Crippen LogP contribution in [0.3, 0.4) is 0 Å². The van der Waals surface area contributed by atoms with Crippen LogP contribution in [0.5, 0.6) is 0 Å². The Kier molecular flexibility index (Phi) is 4.11. The predicted octanol–water partition coefficient (Wildman–Crippen LogP) is 0.228. The van der Waals surface area contributed by atoms with Gasteiger partial charge < -0.3 is 16.4 Å². The number of primary amides is 1. The van der Waals surface area contributed by atoms with E-state index in [-0.39, 0.29) is 11.8 Å². The zero-order valence-corrected chi connectivity index (χ0v) is 9.97. The number of nitrogens with two attached hydrogens (primary N) is 1. The molecule has 4 N–H and O–H groups in total. The van der Waals surface area contributed by atoms with Crippen molar-refractivity contribution in [2.75, 3.05) is 13.1 Å². The summed E-state index contributed by atoms with van der Waals surface area (Å²) in [6.45, 7) is 7.99. The van der Waals surface area contributed by atoms with Gasteiger partial charge in [0.15, 0.2) is 0 Å². The van der Waals surface area contributed by atoms with Gasteiger partial charge in [-0.15, -0.1) is 0 Å². The molecule has 4 heteroatoms. The van der Waals surface area contributed by atoms with Gasteiger partial charge in [-0.2, -0.15) is 0 Å². The molecule has 1 aliphatic heterocycles. The highest BCUT2D eigenvalue weighted by Crippen LogP contribution is 2.25. The molecule has 1 fully saturated rings. The monoisotopic (exact) mass is 213 g/mol. The summed E-state index contributed by atoms with van der Waals surface area (Å²) in [6.07, 6.45) is 1.79. The van der Waals surface area contributed by atoms with Gasteiger partial charge in [-0.3, -0.25) is 4.79 Å². The standard InChI is InChI=1S/C11H23N3O/c1-4-9(3)14-11(10(12)15)5-6-13-7-8(11)2/h8-9,13-14H,4-7H2,1-3H3,(H2,12,15). The maximum Gasteiger partial charge on any atom is 0.238 e. The quantitative estimate of drug-likeness (QED) is 0.626. The van der Waals surface area contributed by atoms with Crippen LogP contribution in [-0.4, -0.2) is 30.6 Å². The molecule has 3 unspecified atom stereocenters. The first kappa shape index (κ1) is 12.5. The number of carbonyl (C=O) groups is 1. The van der Waals surface area contributed by atoms with E-state index in [0.717, 1.165) is 25.9 Å². The van der Waals surface area contributed by atoms with Gasteiger partial charge in [-0.1, -0.05) is 13.8 Å². The molecule has 0 radical (unpaired) electrons. The van der Waals surface area contributed by atoms with Crippen molar-refractivity contribution in [3.63, 3.8) is 0 Å². The summed E-state index contributed by atoms with van der Waals surface area (Å²) in [5, 5.41) is 6.70. The van der Waals surface area contributed by atoms with Crippen molar-refractivity contribution in [1.82, 2.24) is 10.6 Å². The van der Waals surface area contributed by atoms with Crippen LogP contribution in [0, 0.1) is 5.92 Å². The number of carbonyl (C=O) groups excluding carboxylic acids is 1. The second-order valence-electron chi connectivity index (χ2n) is 4.64. The molecule has 0 aromatic carbocycles. The Bertz CT molecular complexity index is 232. The summed E-state index contributed by atoms with van der Waals surface area (Å²) in [5.74, 6) is 0.0366. The summed E-state index contributed by atoms with van der Waals surface area (Å²) >= 11 is 0. The fourth-order valence-corrected chi connectivity index (χ4v) is 2.22. The topological polar surface area (TPSA) is 67.1 Å². The predicted molar refractivity (Wildman–Crippen MR) is 61.5 cm³/mol. The van der Waals surface area contributed by atoms with Gasteiger partial charge in [-0.05, 0) is 38.8 Å². The maximum atomic E-state index is 11.7. The first-order chi connectivity index (χ1) is 7.03. The molecule has 0 saturated carbocycles. The van der Waals surface area contributed by atoms with Crippen LogP contribution in [-0.2, 0) is 4.79 Å². The first-order valence-corrected chi connectivity index (χ1v) is 5.81. The van der Waals surface area contributed by atoms with Crippen molar-refractivity contribution in [2.24, 2.45) is 11.7 Å². The van der Waals surface area contributed by atoms with E-state index < -0.39 is 5.54 Å². The molecule has 0 spiro atoms. The fourth-order valence-electron chi connectivity index (χ4n) is 2.22. The molecule has 0 aromatic heterocycles. The highest BCUT2D eigenvalue weighted by atomic mass is 16.1. The van der Waals surface area contributed by atoms with Gasteiger partial charge in [0.25, 0.3) is 0 Å². The summed E-state index contributed by atoms with van der Waals surface area (Å²) in [4.78, 5) is 11.7. The van der Waals surface area contributed by atoms with Crippen LogP contribution < -0.4 is 16.4 Å². The van der Waals surface area contributed by atoms with Crippen LogP contribution >= 0.6 is 0 Å². The van der Waals surface area contributed by atoms with Gasteiger partial charge in [0.05, 0.1) is 0 Å². The average Bonchev–Trinajstić information content (AvgIpc) is 2.21. The first-order valence-electron chi connectivity index (χ1n) is 5.81. The van der Waals surface area contributed by atoms with E-state index in [1.807, 2.05) is 0 Å². The van der Waals surface area contributed by atoms with Gasteiger partial charge in [0.2, 0.25) is 5.91 Å². The molecular formula is C11H23N3O. The highest BCUT2D eigenvalue weighted by molar-refractivity contribution is 5.85. The number of amides is 1. The number of rotatable bonds is 4. The van der Waals surface area contributed by atoms with Crippen molar-refractivity contribution in [3.8, 4) is 0 Å². The average molecular weight is 213 g/mol. The van der Waals surface area contributed by atoms with Crippen LogP contribution in [0.2, 0.25) is 0 Å². The fraction of sp³-hybridized carbons (Fsp3) is 0.909. The molecule has 1 saturated heterocycles. The zero-order chi connectivity index (χ0) is 11.5. The third kappa shape index (κ3) is 2.49. The van der Waals surface area contributed by atoms with Crippen LogP contribution in [0.4, 0.5) is 0 Å². The van der Waals surface area contributed by atoms with Gasteiger partial charge in [0, 0.05) is 6.04 Å². The molecular weight excluding hydrogens is 190 g/mol. The molecule has 15 heavy (non-hydrogen) atoms.